The van der Waals surface area contributed by atoms with Crippen LogP contribution in [0.3, 0.4) is 0 Å². The molecule has 0 fully saturated rings. The van der Waals surface area contributed by atoms with Crippen LogP contribution in [-0.4, -0.2) is 41.1 Å². The van der Waals surface area contributed by atoms with Crippen molar-refractivity contribution in [3.8, 4) is 0 Å². The smallest absolute Gasteiger partial charge is 0.221 e. The van der Waals surface area contributed by atoms with Gasteiger partial charge >= 0.3 is 0 Å². The average molecular weight is 419 g/mol. The van der Waals surface area contributed by atoms with Gasteiger partial charge in [-0.15, -0.1) is 0 Å². The van der Waals surface area contributed by atoms with E-state index in [1.165, 1.54) is 83.5 Å². The highest BCUT2D eigenvalue weighted by atomic mass is 17.0. The number of hydrogen-bond donors (Lipinski definition) is 3. The zero-order valence-corrected chi connectivity index (χ0v) is 18.9. The minimum absolute atomic E-state index is 0.0970. The van der Waals surface area contributed by atoms with Gasteiger partial charge < -0.3 is 15.5 Å². The minimum atomic E-state index is -0.599. The van der Waals surface area contributed by atoms with Gasteiger partial charge in [0.15, 0.2) is 13.6 Å². The van der Waals surface area contributed by atoms with E-state index in [-0.39, 0.29) is 5.91 Å². The van der Waals surface area contributed by atoms with Crippen molar-refractivity contribution in [2.45, 2.75) is 123 Å². The summed E-state index contributed by atoms with van der Waals surface area (Å²) in [6.45, 7) is 2.72. The van der Waals surface area contributed by atoms with Crippen LogP contribution in [0.25, 0.3) is 0 Å². The Morgan fingerprint density at radius 1 is 0.759 bits per heavy atom. The Bertz CT molecular complexity index is 352. The van der Waals surface area contributed by atoms with Gasteiger partial charge in [-0.1, -0.05) is 96.8 Å². The quantitative estimate of drug-likeness (QED) is 0.133. The molecule has 7 nitrogen and oxygen atoms in total. The maximum atomic E-state index is 11.9. The molecule has 1 unspecified atom stereocenters. The van der Waals surface area contributed by atoms with Crippen LogP contribution in [0.5, 0.6) is 0 Å². The fourth-order valence-corrected chi connectivity index (χ4v) is 3.39. The number of nitrogens with zero attached hydrogens (tertiary/aromatic N) is 1. The number of hydroxylamine groups is 2. The molecule has 0 heterocycles. The molecule has 7 heteroatoms. The van der Waals surface area contributed by atoms with E-state index in [2.05, 4.69) is 12.2 Å². The van der Waals surface area contributed by atoms with Crippen molar-refractivity contribution in [2.75, 3.05) is 13.6 Å². The van der Waals surface area contributed by atoms with Crippen LogP contribution >= 0.6 is 0 Å². The molecule has 0 bridgehead atoms. The first-order valence-corrected chi connectivity index (χ1v) is 11.7. The Balaban J connectivity index is 3.42. The molecule has 3 N–H and O–H groups in total. The van der Waals surface area contributed by atoms with Crippen molar-refractivity contribution < 1.29 is 24.7 Å². The Morgan fingerprint density at radius 3 is 1.52 bits per heavy atom. The van der Waals surface area contributed by atoms with E-state index in [0.29, 0.717) is 6.42 Å². The van der Waals surface area contributed by atoms with Gasteiger partial charge in [-0.2, -0.15) is 0 Å². The summed E-state index contributed by atoms with van der Waals surface area (Å²) in [4.78, 5) is 21.5. The van der Waals surface area contributed by atoms with E-state index in [1.807, 2.05) is 0 Å². The lowest BCUT2D eigenvalue weighted by molar-refractivity contribution is -0.421. The molecule has 0 aliphatic carbocycles. The molecule has 0 aliphatic heterocycles. The van der Waals surface area contributed by atoms with Gasteiger partial charge in [0.25, 0.3) is 0 Å². The van der Waals surface area contributed by atoms with Crippen LogP contribution < -0.4 is 5.32 Å². The molecular weight excluding hydrogens is 372 g/mol. The summed E-state index contributed by atoms with van der Waals surface area (Å²) in [5.74, 6) is -0.0970. The third kappa shape index (κ3) is 19.0. The standard InChI is InChI=1S/C22H46N2O5/c1-3-4-5-6-7-8-9-10-11-12-13-14-15-16-17-18-22(27)23-21(2)24(28-19-25)29-20-26/h21,25-26H,3-20H2,1-2H3,(H,23,27). The first-order chi connectivity index (χ1) is 14.2. The third-order valence-corrected chi connectivity index (χ3v) is 5.06. The van der Waals surface area contributed by atoms with Gasteiger partial charge in [0, 0.05) is 6.42 Å². The van der Waals surface area contributed by atoms with Crippen molar-refractivity contribution in [3.63, 3.8) is 0 Å². The highest BCUT2D eigenvalue weighted by molar-refractivity contribution is 5.76. The Labute approximate surface area is 178 Å². The van der Waals surface area contributed by atoms with Crippen LogP contribution in [0.1, 0.15) is 117 Å². The summed E-state index contributed by atoms with van der Waals surface area (Å²) in [5.41, 5.74) is 0. The number of aliphatic hydroxyl groups excluding tert-OH is 2. The van der Waals surface area contributed by atoms with Crippen LogP contribution in [-0.2, 0) is 14.5 Å². The maximum Gasteiger partial charge on any atom is 0.221 e. The van der Waals surface area contributed by atoms with Crippen molar-refractivity contribution in [1.29, 1.82) is 0 Å². The van der Waals surface area contributed by atoms with Gasteiger partial charge in [0.2, 0.25) is 5.91 Å². The molecule has 0 aromatic rings. The van der Waals surface area contributed by atoms with Crippen LogP contribution in [0.2, 0.25) is 0 Å². The zero-order chi connectivity index (χ0) is 21.6. The van der Waals surface area contributed by atoms with Crippen LogP contribution in [0.15, 0.2) is 0 Å². The lowest BCUT2D eigenvalue weighted by Gasteiger charge is -2.25. The van der Waals surface area contributed by atoms with Gasteiger partial charge in [0.1, 0.15) is 6.17 Å². The summed E-state index contributed by atoms with van der Waals surface area (Å²) in [6.07, 6.45) is 19.3. The summed E-state index contributed by atoms with van der Waals surface area (Å²) >= 11 is 0. The second-order valence-electron chi connectivity index (χ2n) is 7.74. The molecule has 1 amide bonds. The largest absolute Gasteiger partial charge is 0.369 e. The Kier molecular flexibility index (Phi) is 21.4. The molecule has 1 atom stereocenters. The normalized spacial score (nSPS) is 12.4. The third-order valence-electron chi connectivity index (χ3n) is 5.06. The molecule has 174 valence electrons. The van der Waals surface area contributed by atoms with Crippen molar-refractivity contribution in [1.82, 2.24) is 10.5 Å². The molecule has 0 rings (SSSR count). The Morgan fingerprint density at radius 2 is 1.14 bits per heavy atom. The molecule has 0 spiro atoms. The summed E-state index contributed by atoms with van der Waals surface area (Å²) in [7, 11) is 0. The van der Waals surface area contributed by atoms with Crippen molar-refractivity contribution >= 4 is 5.91 Å². The van der Waals surface area contributed by atoms with Gasteiger partial charge in [-0.05, 0) is 18.6 Å². The number of amides is 1. The summed E-state index contributed by atoms with van der Waals surface area (Å²) < 4.78 is 0. The maximum absolute atomic E-state index is 11.9. The number of aliphatic hydroxyl groups is 2. The minimum Gasteiger partial charge on any atom is -0.369 e. The molecule has 0 saturated heterocycles. The lowest BCUT2D eigenvalue weighted by Crippen LogP contribution is -2.46. The van der Waals surface area contributed by atoms with E-state index >= 15 is 0 Å². The van der Waals surface area contributed by atoms with E-state index < -0.39 is 19.8 Å². The summed E-state index contributed by atoms with van der Waals surface area (Å²) in [6, 6.07) is 0. The molecule has 29 heavy (non-hydrogen) atoms. The fraction of sp³-hybridized carbons (Fsp3) is 0.955. The highest BCUT2D eigenvalue weighted by Gasteiger charge is 2.17. The topological polar surface area (TPSA) is 91.3 Å². The number of hydrogen-bond acceptors (Lipinski definition) is 6. The second kappa shape index (κ2) is 22.0. The van der Waals surface area contributed by atoms with E-state index in [4.69, 9.17) is 19.9 Å². The molecule has 0 saturated carbocycles. The van der Waals surface area contributed by atoms with E-state index in [9.17, 15) is 4.79 Å². The van der Waals surface area contributed by atoms with Gasteiger partial charge in [0.05, 0.1) is 0 Å². The Hall–Kier alpha value is -0.730. The SMILES string of the molecule is CCCCCCCCCCCCCCCCCC(=O)NC(C)N(OCO)OCO. The molecule has 0 aromatic carbocycles. The molecular formula is C22H46N2O5. The molecule has 0 radical (unpaired) electrons. The van der Waals surface area contributed by atoms with Crippen LogP contribution in [0.4, 0.5) is 0 Å². The monoisotopic (exact) mass is 418 g/mol. The molecule has 0 aromatic heterocycles. The number of unbranched alkanes of at least 4 members (excludes halogenated alkanes) is 14. The molecule has 0 aliphatic rings. The summed E-state index contributed by atoms with van der Waals surface area (Å²) in [5, 5.41) is 21.1. The second-order valence-corrected chi connectivity index (χ2v) is 7.74. The predicted octanol–water partition coefficient (Wildman–Crippen LogP) is 4.77. The van der Waals surface area contributed by atoms with E-state index in [1.54, 1.807) is 6.92 Å². The highest BCUT2D eigenvalue weighted by Crippen LogP contribution is 2.13. The number of carbonyl (C=O) groups is 1. The van der Waals surface area contributed by atoms with Crippen molar-refractivity contribution in [3.05, 3.63) is 0 Å². The van der Waals surface area contributed by atoms with Crippen molar-refractivity contribution in [2.24, 2.45) is 0 Å². The first-order valence-electron chi connectivity index (χ1n) is 11.7. The van der Waals surface area contributed by atoms with Gasteiger partial charge in [-0.25, -0.2) is 9.68 Å². The van der Waals surface area contributed by atoms with E-state index in [0.717, 1.165) is 18.1 Å². The predicted molar refractivity (Wildman–Crippen MR) is 115 cm³/mol. The number of nitrogens with one attached hydrogen (secondary N) is 1. The zero-order valence-electron chi connectivity index (χ0n) is 18.9. The average Bonchev–Trinajstić information content (AvgIpc) is 2.70. The number of rotatable bonds is 22. The first kappa shape index (κ1) is 28.3. The fourth-order valence-electron chi connectivity index (χ4n) is 3.39. The van der Waals surface area contributed by atoms with Gasteiger partial charge in [-0.3, -0.25) is 4.79 Å². The van der Waals surface area contributed by atoms with Crippen LogP contribution in [0, 0.1) is 0 Å². The lowest BCUT2D eigenvalue weighted by atomic mass is 10.0. The number of carbonyl (C=O) groups excluding carboxylic acids is 1.